The van der Waals surface area contributed by atoms with E-state index in [4.69, 9.17) is 0 Å². The number of nitrogens with zero attached hydrogens (tertiary/aromatic N) is 1. The highest BCUT2D eigenvalue weighted by atomic mass is 16.1. The molecule has 0 aromatic rings. The standard InChI is InChI=1S/C8H13NO/c1-6-4-8(6)9-3-2-7(10)5-9/h6,8H,2-5H2,1H3. The van der Waals surface area contributed by atoms with Gasteiger partial charge in [-0.25, -0.2) is 0 Å². The summed E-state index contributed by atoms with van der Waals surface area (Å²) >= 11 is 0. The average molecular weight is 139 g/mol. The van der Waals surface area contributed by atoms with Crippen molar-refractivity contribution in [3.63, 3.8) is 0 Å². The number of carbonyl (C=O) groups excluding carboxylic acids is 1. The molecule has 2 aliphatic rings. The molecule has 0 aromatic heterocycles. The smallest absolute Gasteiger partial charge is 0.148 e. The van der Waals surface area contributed by atoms with Crippen molar-refractivity contribution in [2.75, 3.05) is 13.1 Å². The zero-order chi connectivity index (χ0) is 7.14. The van der Waals surface area contributed by atoms with Crippen molar-refractivity contribution < 1.29 is 4.79 Å². The van der Waals surface area contributed by atoms with E-state index in [9.17, 15) is 4.79 Å². The van der Waals surface area contributed by atoms with Gasteiger partial charge in [-0.3, -0.25) is 9.69 Å². The predicted molar refractivity (Wildman–Crippen MR) is 38.8 cm³/mol. The Morgan fingerprint density at radius 3 is 2.70 bits per heavy atom. The third-order valence-corrected chi connectivity index (χ3v) is 2.59. The van der Waals surface area contributed by atoms with Crippen LogP contribution in [0.5, 0.6) is 0 Å². The molecule has 1 heterocycles. The number of carbonyl (C=O) groups is 1. The number of hydrogen-bond donors (Lipinski definition) is 0. The summed E-state index contributed by atoms with van der Waals surface area (Å²) in [5.41, 5.74) is 0. The van der Waals surface area contributed by atoms with Crippen molar-refractivity contribution in [2.45, 2.75) is 25.8 Å². The molecule has 1 aliphatic carbocycles. The fraction of sp³-hybridized carbons (Fsp3) is 0.875. The molecule has 2 heteroatoms. The molecule has 1 aliphatic heterocycles. The molecule has 1 saturated heterocycles. The Hall–Kier alpha value is -0.370. The Morgan fingerprint density at radius 1 is 1.60 bits per heavy atom. The number of ketones is 1. The molecular formula is C8H13NO. The molecule has 0 N–H and O–H groups in total. The van der Waals surface area contributed by atoms with Crippen LogP contribution in [0.4, 0.5) is 0 Å². The maximum absolute atomic E-state index is 10.9. The fourth-order valence-corrected chi connectivity index (χ4v) is 1.75. The van der Waals surface area contributed by atoms with Crippen LogP contribution in [0.2, 0.25) is 0 Å². The largest absolute Gasteiger partial charge is 0.298 e. The molecule has 10 heavy (non-hydrogen) atoms. The van der Waals surface area contributed by atoms with Gasteiger partial charge in [0.2, 0.25) is 0 Å². The Morgan fingerprint density at radius 2 is 2.30 bits per heavy atom. The van der Waals surface area contributed by atoms with Gasteiger partial charge in [-0.15, -0.1) is 0 Å². The van der Waals surface area contributed by atoms with E-state index in [1.165, 1.54) is 6.42 Å². The van der Waals surface area contributed by atoms with Gasteiger partial charge in [0.15, 0.2) is 0 Å². The molecule has 2 rings (SSSR count). The first-order valence-electron chi connectivity index (χ1n) is 4.03. The van der Waals surface area contributed by atoms with E-state index in [0.29, 0.717) is 5.78 Å². The molecular weight excluding hydrogens is 126 g/mol. The molecule has 56 valence electrons. The summed E-state index contributed by atoms with van der Waals surface area (Å²) < 4.78 is 0. The van der Waals surface area contributed by atoms with Gasteiger partial charge in [0, 0.05) is 19.0 Å². The molecule has 1 saturated carbocycles. The van der Waals surface area contributed by atoms with Crippen molar-refractivity contribution >= 4 is 5.78 Å². The summed E-state index contributed by atoms with van der Waals surface area (Å²) in [6.45, 7) is 4.01. The van der Waals surface area contributed by atoms with Gasteiger partial charge in [0.25, 0.3) is 0 Å². The lowest BCUT2D eigenvalue weighted by atomic mass is 10.4. The zero-order valence-corrected chi connectivity index (χ0v) is 6.34. The van der Waals surface area contributed by atoms with Crippen molar-refractivity contribution in [1.82, 2.24) is 4.90 Å². The van der Waals surface area contributed by atoms with E-state index in [1.807, 2.05) is 0 Å². The lowest BCUT2D eigenvalue weighted by Gasteiger charge is -2.11. The molecule has 0 radical (unpaired) electrons. The molecule has 2 unspecified atom stereocenters. The minimum Gasteiger partial charge on any atom is -0.298 e. The first-order valence-corrected chi connectivity index (χ1v) is 4.03. The maximum atomic E-state index is 10.9. The van der Waals surface area contributed by atoms with E-state index >= 15 is 0 Å². The van der Waals surface area contributed by atoms with Crippen LogP contribution in [0.1, 0.15) is 19.8 Å². The molecule has 2 nitrogen and oxygen atoms in total. The highest BCUT2D eigenvalue weighted by molar-refractivity contribution is 5.82. The van der Waals surface area contributed by atoms with Crippen molar-refractivity contribution in [1.29, 1.82) is 0 Å². The molecule has 2 fully saturated rings. The summed E-state index contributed by atoms with van der Waals surface area (Å²) in [5, 5.41) is 0. The SMILES string of the molecule is CC1CC1N1CCC(=O)C1. The summed E-state index contributed by atoms with van der Waals surface area (Å²) in [4.78, 5) is 13.2. The van der Waals surface area contributed by atoms with E-state index in [-0.39, 0.29) is 0 Å². The molecule has 0 aromatic carbocycles. The third kappa shape index (κ3) is 0.966. The Kier molecular flexibility index (Phi) is 1.31. The average Bonchev–Trinajstić information content (AvgIpc) is 2.42. The van der Waals surface area contributed by atoms with Crippen LogP contribution < -0.4 is 0 Å². The van der Waals surface area contributed by atoms with E-state index < -0.39 is 0 Å². The van der Waals surface area contributed by atoms with Crippen molar-refractivity contribution in [3.8, 4) is 0 Å². The number of rotatable bonds is 1. The quantitative estimate of drug-likeness (QED) is 0.532. The van der Waals surface area contributed by atoms with Gasteiger partial charge in [-0.05, 0) is 12.3 Å². The Bertz CT molecular complexity index is 167. The second-order valence-corrected chi connectivity index (χ2v) is 3.54. The van der Waals surface area contributed by atoms with Crippen LogP contribution in [0, 0.1) is 5.92 Å². The second kappa shape index (κ2) is 2.06. The number of likely N-dealkylation sites (tertiary alicyclic amines) is 1. The first-order chi connectivity index (χ1) is 4.77. The maximum Gasteiger partial charge on any atom is 0.148 e. The highest BCUT2D eigenvalue weighted by Gasteiger charge is 2.40. The second-order valence-electron chi connectivity index (χ2n) is 3.54. The summed E-state index contributed by atoms with van der Waals surface area (Å²) in [6, 6.07) is 0.756. The Labute approximate surface area is 61.2 Å². The van der Waals surface area contributed by atoms with Crippen molar-refractivity contribution in [3.05, 3.63) is 0 Å². The number of Topliss-reactive ketones (excluding diaryl/α,β-unsaturated/α-hetero) is 1. The molecule has 0 amide bonds. The molecule has 2 atom stereocenters. The summed E-state index contributed by atoms with van der Waals surface area (Å²) in [6.07, 6.45) is 2.11. The monoisotopic (exact) mass is 139 g/mol. The van der Waals surface area contributed by atoms with Gasteiger partial charge in [-0.2, -0.15) is 0 Å². The predicted octanol–water partition coefficient (Wildman–Crippen LogP) is 0.670. The lowest BCUT2D eigenvalue weighted by molar-refractivity contribution is -0.116. The minimum absolute atomic E-state index is 0.430. The van der Waals surface area contributed by atoms with Gasteiger partial charge in [0.05, 0.1) is 6.54 Å². The van der Waals surface area contributed by atoms with E-state index in [2.05, 4.69) is 11.8 Å². The summed E-state index contributed by atoms with van der Waals surface area (Å²) in [5.74, 6) is 1.28. The first kappa shape index (κ1) is 6.35. The van der Waals surface area contributed by atoms with Gasteiger partial charge in [0.1, 0.15) is 5.78 Å². The summed E-state index contributed by atoms with van der Waals surface area (Å²) in [7, 11) is 0. The van der Waals surface area contributed by atoms with Crippen LogP contribution in [-0.4, -0.2) is 29.8 Å². The zero-order valence-electron chi connectivity index (χ0n) is 6.34. The van der Waals surface area contributed by atoms with Gasteiger partial charge >= 0.3 is 0 Å². The van der Waals surface area contributed by atoms with Crippen LogP contribution >= 0.6 is 0 Å². The number of hydrogen-bond acceptors (Lipinski definition) is 2. The minimum atomic E-state index is 0.430. The van der Waals surface area contributed by atoms with Crippen LogP contribution in [-0.2, 0) is 4.79 Å². The van der Waals surface area contributed by atoms with Crippen LogP contribution in [0.15, 0.2) is 0 Å². The third-order valence-electron chi connectivity index (χ3n) is 2.59. The Balaban J connectivity index is 1.90. The van der Waals surface area contributed by atoms with E-state index in [0.717, 1.165) is 31.5 Å². The van der Waals surface area contributed by atoms with Crippen LogP contribution in [0.3, 0.4) is 0 Å². The van der Waals surface area contributed by atoms with Crippen LogP contribution in [0.25, 0.3) is 0 Å². The highest BCUT2D eigenvalue weighted by Crippen LogP contribution is 2.36. The normalized spacial score (nSPS) is 40.7. The van der Waals surface area contributed by atoms with Gasteiger partial charge < -0.3 is 0 Å². The van der Waals surface area contributed by atoms with Gasteiger partial charge in [-0.1, -0.05) is 6.92 Å². The fourth-order valence-electron chi connectivity index (χ4n) is 1.75. The van der Waals surface area contributed by atoms with E-state index in [1.54, 1.807) is 0 Å². The topological polar surface area (TPSA) is 20.3 Å². The lowest BCUT2D eigenvalue weighted by Crippen LogP contribution is -2.24. The molecule has 0 spiro atoms. The van der Waals surface area contributed by atoms with Crippen molar-refractivity contribution in [2.24, 2.45) is 5.92 Å². The molecule has 0 bridgehead atoms.